The van der Waals surface area contributed by atoms with Gasteiger partial charge in [-0.1, -0.05) is 35.9 Å². The van der Waals surface area contributed by atoms with E-state index in [9.17, 15) is 9.90 Å². The van der Waals surface area contributed by atoms with Gasteiger partial charge in [-0.2, -0.15) is 0 Å². The molecule has 2 aromatic carbocycles. The molecule has 1 aliphatic rings. The van der Waals surface area contributed by atoms with Gasteiger partial charge in [0.2, 0.25) is 0 Å². The Bertz CT molecular complexity index is 764. The number of aliphatic hydroxyl groups excluding tert-OH is 1. The van der Waals surface area contributed by atoms with Gasteiger partial charge in [-0.15, -0.1) is 0 Å². The van der Waals surface area contributed by atoms with Crippen LogP contribution in [-0.2, 0) is 6.42 Å². The van der Waals surface area contributed by atoms with E-state index in [0.717, 1.165) is 16.8 Å². The van der Waals surface area contributed by atoms with Crippen LogP contribution in [0.15, 0.2) is 42.5 Å². The molecule has 126 valence electrons. The average Bonchev–Trinajstić information content (AvgIpc) is 2.83. The van der Waals surface area contributed by atoms with Crippen LogP contribution >= 0.6 is 11.6 Å². The van der Waals surface area contributed by atoms with Gasteiger partial charge < -0.3 is 20.6 Å². The number of amides is 2. The fourth-order valence-corrected chi connectivity index (χ4v) is 3.22. The van der Waals surface area contributed by atoms with E-state index in [-0.39, 0.29) is 6.03 Å². The molecular weight excluding hydrogens is 326 g/mol. The van der Waals surface area contributed by atoms with E-state index >= 15 is 0 Å². The van der Waals surface area contributed by atoms with Crippen molar-refractivity contribution in [2.75, 3.05) is 24.3 Å². The summed E-state index contributed by atoms with van der Waals surface area (Å²) in [6, 6.07) is 12.3. The SMILES string of the molecule is CN(C)c1ccc(Cl)cc1NC(=O)N[C@@H]1c2ccccc2C[C@@H]1O. The van der Waals surface area contributed by atoms with Gasteiger partial charge in [0.1, 0.15) is 0 Å². The largest absolute Gasteiger partial charge is 0.390 e. The number of carbonyl (C=O) groups is 1. The summed E-state index contributed by atoms with van der Waals surface area (Å²) in [7, 11) is 3.78. The summed E-state index contributed by atoms with van der Waals surface area (Å²) in [4.78, 5) is 14.3. The van der Waals surface area contributed by atoms with Crippen molar-refractivity contribution < 1.29 is 9.90 Å². The Morgan fingerprint density at radius 3 is 2.75 bits per heavy atom. The third-order valence-electron chi connectivity index (χ3n) is 4.18. The number of hydrogen-bond donors (Lipinski definition) is 3. The predicted octanol–water partition coefficient (Wildman–Crippen LogP) is 3.19. The van der Waals surface area contributed by atoms with E-state index in [2.05, 4.69) is 10.6 Å². The molecule has 1 aliphatic carbocycles. The smallest absolute Gasteiger partial charge is 0.319 e. The second-order valence-corrected chi connectivity index (χ2v) is 6.54. The first kappa shape index (κ1) is 16.6. The van der Waals surface area contributed by atoms with E-state index in [4.69, 9.17) is 11.6 Å². The van der Waals surface area contributed by atoms with Crippen molar-refractivity contribution in [1.82, 2.24) is 5.32 Å². The Morgan fingerprint density at radius 2 is 2.00 bits per heavy atom. The van der Waals surface area contributed by atoms with E-state index in [1.165, 1.54) is 0 Å². The monoisotopic (exact) mass is 345 g/mol. The lowest BCUT2D eigenvalue weighted by Crippen LogP contribution is -2.37. The molecule has 0 aromatic heterocycles. The van der Waals surface area contributed by atoms with Gasteiger partial charge in [-0.05, 0) is 29.3 Å². The van der Waals surface area contributed by atoms with Gasteiger partial charge in [-0.25, -0.2) is 4.79 Å². The number of carbonyl (C=O) groups excluding carboxylic acids is 1. The lowest BCUT2D eigenvalue weighted by Gasteiger charge is -2.21. The first-order valence-corrected chi connectivity index (χ1v) is 8.14. The highest BCUT2D eigenvalue weighted by Crippen LogP contribution is 2.32. The number of aliphatic hydroxyl groups is 1. The fourth-order valence-electron chi connectivity index (χ4n) is 3.05. The molecule has 0 unspecified atom stereocenters. The first-order valence-electron chi connectivity index (χ1n) is 7.76. The topological polar surface area (TPSA) is 64.6 Å². The molecule has 3 rings (SSSR count). The van der Waals surface area contributed by atoms with Crippen LogP contribution < -0.4 is 15.5 Å². The molecule has 3 N–H and O–H groups in total. The number of nitrogens with zero attached hydrogens (tertiary/aromatic N) is 1. The summed E-state index contributed by atoms with van der Waals surface area (Å²) in [5, 5.41) is 16.5. The van der Waals surface area contributed by atoms with Gasteiger partial charge in [0, 0.05) is 25.5 Å². The highest BCUT2D eigenvalue weighted by Gasteiger charge is 2.31. The maximum absolute atomic E-state index is 12.4. The molecule has 0 heterocycles. The zero-order chi connectivity index (χ0) is 17.3. The number of rotatable bonds is 3. The summed E-state index contributed by atoms with van der Waals surface area (Å²) in [5.41, 5.74) is 3.49. The summed E-state index contributed by atoms with van der Waals surface area (Å²) < 4.78 is 0. The summed E-state index contributed by atoms with van der Waals surface area (Å²) in [5.74, 6) is 0. The number of hydrogen-bond acceptors (Lipinski definition) is 3. The molecule has 0 spiro atoms. The van der Waals surface area contributed by atoms with Crippen LogP contribution in [0.25, 0.3) is 0 Å². The van der Waals surface area contributed by atoms with Crippen LogP contribution in [0, 0.1) is 0 Å². The molecule has 24 heavy (non-hydrogen) atoms. The molecule has 5 nitrogen and oxygen atoms in total. The molecule has 2 aromatic rings. The molecule has 0 bridgehead atoms. The minimum atomic E-state index is -0.624. The zero-order valence-electron chi connectivity index (χ0n) is 13.6. The summed E-state index contributed by atoms with van der Waals surface area (Å²) in [6.07, 6.45) is -0.0813. The number of fused-ring (bicyclic) bond motifs is 1. The molecule has 6 heteroatoms. The number of urea groups is 1. The van der Waals surface area contributed by atoms with Crippen LogP contribution in [0.4, 0.5) is 16.2 Å². The van der Waals surface area contributed by atoms with Crippen molar-refractivity contribution in [3.05, 3.63) is 58.6 Å². The van der Waals surface area contributed by atoms with Crippen molar-refractivity contribution in [2.45, 2.75) is 18.6 Å². The Hall–Kier alpha value is -2.24. The maximum Gasteiger partial charge on any atom is 0.319 e. The van der Waals surface area contributed by atoms with Crippen molar-refractivity contribution in [2.24, 2.45) is 0 Å². The van der Waals surface area contributed by atoms with Crippen LogP contribution in [0.2, 0.25) is 5.02 Å². The second kappa shape index (κ2) is 6.71. The standard InChI is InChI=1S/C18H20ClN3O2/c1-22(2)15-8-7-12(19)10-14(15)20-18(24)21-17-13-6-4-3-5-11(13)9-16(17)23/h3-8,10,16-17,23H,9H2,1-2H3,(H2,20,21,24)/t16-,17+/m0/s1. The number of anilines is 2. The molecule has 2 amide bonds. The quantitative estimate of drug-likeness (QED) is 0.800. The molecular formula is C18H20ClN3O2. The highest BCUT2D eigenvalue weighted by molar-refractivity contribution is 6.31. The Labute approximate surface area is 146 Å². The highest BCUT2D eigenvalue weighted by atomic mass is 35.5. The molecule has 0 radical (unpaired) electrons. The zero-order valence-corrected chi connectivity index (χ0v) is 14.3. The minimum absolute atomic E-state index is 0.374. The van der Waals surface area contributed by atoms with Crippen molar-refractivity contribution in [3.63, 3.8) is 0 Å². The normalized spacial score (nSPS) is 18.8. The third kappa shape index (κ3) is 3.32. The Kier molecular flexibility index (Phi) is 4.64. The van der Waals surface area contributed by atoms with Crippen molar-refractivity contribution in [1.29, 1.82) is 0 Å². The third-order valence-corrected chi connectivity index (χ3v) is 4.41. The van der Waals surface area contributed by atoms with Gasteiger partial charge in [0.05, 0.1) is 23.5 Å². The van der Waals surface area contributed by atoms with Crippen LogP contribution in [0.5, 0.6) is 0 Å². The lowest BCUT2D eigenvalue weighted by atomic mass is 10.1. The number of benzene rings is 2. The molecule has 0 fully saturated rings. The Balaban J connectivity index is 1.76. The minimum Gasteiger partial charge on any atom is -0.390 e. The first-order chi connectivity index (χ1) is 11.5. The van der Waals surface area contributed by atoms with E-state index in [0.29, 0.717) is 17.1 Å². The summed E-state index contributed by atoms with van der Waals surface area (Å²) in [6.45, 7) is 0. The molecule has 0 aliphatic heterocycles. The van der Waals surface area contributed by atoms with Gasteiger partial charge >= 0.3 is 6.03 Å². The van der Waals surface area contributed by atoms with E-state index in [1.807, 2.05) is 49.3 Å². The summed E-state index contributed by atoms with van der Waals surface area (Å²) >= 11 is 6.04. The fraction of sp³-hybridized carbons (Fsp3) is 0.278. The molecule has 0 saturated carbocycles. The molecule has 0 saturated heterocycles. The van der Waals surface area contributed by atoms with Gasteiger partial charge in [0.15, 0.2) is 0 Å². The average molecular weight is 346 g/mol. The van der Waals surface area contributed by atoms with E-state index in [1.54, 1.807) is 12.1 Å². The number of nitrogens with one attached hydrogen (secondary N) is 2. The van der Waals surface area contributed by atoms with Crippen molar-refractivity contribution in [3.8, 4) is 0 Å². The van der Waals surface area contributed by atoms with Crippen LogP contribution in [0.1, 0.15) is 17.2 Å². The lowest BCUT2D eigenvalue weighted by molar-refractivity contribution is 0.144. The van der Waals surface area contributed by atoms with Gasteiger partial charge in [0.25, 0.3) is 0 Å². The van der Waals surface area contributed by atoms with E-state index < -0.39 is 12.1 Å². The second-order valence-electron chi connectivity index (χ2n) is 6.10. The van der Waals surface area contributed by atoms with Crippen molar-refractivity contribution >= 4 is 29.0 Å². The molecule has 2 atom stereocenters. The number of halogens is 1. The Morgan fingerprint density at radius 1 is 1.25 bits per heavy atom. The van der Waals surface area contributed by atoms with Crippen LogP contribution in [-0.4, -0.2) is 31.3 Å². The van der Waals surface area contributed by atoms with Crippen LogP contribution in [0.3, 0.4) is 0 Å². The predicted molar refractivity (Wildman–Crippen MR) is 96.8 cm³/mol. The maximum atomic E-state index is 12.4. The van der Waals surface area contributed by atoms with Gasteiger partial charge in [-0.3, -0.25) is 0 Å².